The number of rotatable bonds is 0. The number of ether oxygens (including phenoxy) is 1. The molecular formula is C8H18N2O3. The molecule has 0 aromatic heterocycles. The summed E-state index contributed by atoms with van der Waals surface area (Å²) in [5.41, 5.74) is 0. The second kappa shape index (κ2) is 7.39. The van der Waals surface area contributed by atoms with Crippen LogP contribution < -0.4 is 0 Å². The molecule has 0 saturated carbocycles. The number of hydrogen-bond donors (Lipinski definition) is 0. The number of nitrogens with zero attached hydrogens (tertiary/aromatic N) is 2. The third-order valence-electron chi connectivity index (χ3n) is 1.17. The van der Waals surface area contributed by atoms with Gasteiger partial charge in [0.25, 0.3) is 0 Å². The lowest BCUT2D eigenvalue weighted by Crippen LogP contribution is -2.20. The Balaban J connectivity index is 0. The highest BCUT2D eigenvalue weighted by atomic mass is 16.5. The Labute approximate surface area is 79.3 Å². The van der Waals surface area contributed by atoms with Crippen molar-refractivity contribution in [3.05, 3.63) is 0 Å². The van der Waals surface area contributed by atoms with E-state index in [1.807, 2.05) is 0 Å². The van der Waals surface area contributed by atoms with Gasteiger partial charge in [-0.3, -0.25) is 4.79 Å². The van der Waals surface area contributed by atoms with Gasteiger partial charge in [0.2, 0.25) is 5.91 Å². The van der Waals surface area contributed by atoms with Crippen molar-refractivity contribution in [3.8, 4) is 0 Å². The van der Waals surface area contributed by atoms with Crippen LogP contribution in [0, 0.1) is 0 Å². The molecular weight excluding hydrogens is 172 g/mol. The smallest absolute Gasteiger partial charge is 0.408 e. The normalized spacial score (nSPS) is 7.85. The van der Waals surface area contributed by atoms with Gasteiger partial charge in [-0.05, 0) is 0 Å². The summed E-state index contributed by atoms with van der Waals surface area (Å²) in [6.45, 7) is 1.53. The maximum absolute atomic E-state index is 10.2. The molecule has 0 aromatic carbocycles. The van der Waals surface area contributed by atoms with Gasteiger partial charge in [-0.25, -0.2) is 4.79 Å². The summed E-state index contributed by atoms with van der Waals surface area (Å²) in [6.07, 6.45) is -0.319. The molecule has 0 bridgehead atoms. The van der Waals surface area contributed by atoms with Crippen LogP contribution in [-0.2, 0) is 9.53 Å². The van der Waals surface area contributed by atoms with E-state index in [-0.39, 0.29) is 12.0 Å². The van der Waals surface area contributed by atoms with Gasteiger partial charge in [-0.15, -0.1) is 0 Å². The van der Waals surface area contributed by atoms with E-state index in [0.29, 0.717) is 0 Å². The van der Waals surface area contributed by atoms with Crippen molar-refractivity contribution in [1.29, 1.82) is 0 Å². The quantitative estimate of drug-likeness (QED) is 0.556. The van der Waals surface area contributed by atoms with Crippen molar-refractivity contribution in [2.75, 3.05) is 35.3 Å². The molecule has 0 aromatic rings. The molecule has 5 heteroatoms. The Bertz CT molecular complexity index is 167. The van der Waals surface area contributed by atoms with Gasteiger partial charge in [0.1, 0.15) is 0 Å². The van der Waals surface area contributed by atoms with Gasteiger partial charge in [0.15, 0.2) is 0 Å². The van der Waals surface area contributed by atoms with Gasteiger partial charge < -0.3 is 14.5 Å². The van der Waals surface area contributed by atoms with Crippen LogP contribution in [0.5, 0.6) is 0 Å². The molecule has 0 saturated heterocycles. The fourth-order valence-corrected chi connectivity index (χ4v) is 0.183. The predicted molar refractivity (Wildman–Crippen MR) is 50.5 cm³/mol. The SMILES string of the molecule is CC(=O)N(C)C.COC(=O)N(C)C. The Hall–Kier alpha value is -1.26. The Morgan fingerprint density at radius 2 is 1.31 bits per heavy atom. The maximum atomic E-state index is 10.2. The molecule has 0 atom stereocenters. The van der Waals surface area contributed by atoms with E-state index in [2.05, 4.69) is 4.74 Å². The van der Waals surface area contributed by atoms with E-state index in [9.17, 15) is 9.59 Å². The van der Waals surface area contributed by atoms with Crippen molar-refractivity contribution in [2.45, 2.75) is 6.92 Å². The first-order valence-corrected chi connectivity index (χ1v) is 3.76. The highest BCUT2D eigenvalue weighted by Crippen LogP contribution is 1.78. The van der Waals surface area contributed by atoms with Crippen molar-refractivity contribution < 1.29 is 14.3 Å². The van der Waals surface area contributed by atoms with Crippen LogP contribution in [0.15, 0.2) is 0 Å². The van der Waals surface area contributed by atoms with Crippen LogP contribution in [0.25, 0.3) is 0 Å². The molecule has 0 aliphatic carbocycles. The van der Waals surface area contributed by atoms with E-state index in [1.54, 1.807) is 28.2 Å². The Kier molecular flexibility index (Phi) is 8.12. The lowest BCUT2D eigenvalue weighted by molar-refractivity contribution is -0.126. The van der Waals surface area contributed by atoms with Crippen LogP contribution in [-0.4, -0.2) is 57.1 Å². The van der Waals surface area contributed by atoms with Gasteiger partial charge in [0.05, 0.1) is 7.11 Å². The molecule has 0 unspecified atom stereocenters. The average molecular weight is 190 g/mol. The lowest BCUT2D eigenvalue weighted by atomic mass is 10.7. The fraction of sp³-hybridized carbons (Fsp3) is 0.750. The summed E-state index contributed by atoms with van der Waals surface area (Å²) in [5, 5.41) is 0. The van der Waals surface area contributed by atoms with Crippen LogP contribution >= 0.6 is 0 Å². The fourth-order valence-electron chi connectivity index (χ4n) is 0.183. The van der Waals surface area contributed by atoms with E-state index in [0.717, 1.165) is 0 Å². The minimum Gasteiger partial charge on any atom is -0.453 e. The molecule has 0 radical (unpaired) electrons. The van der Waals surface area contributed by atoms with Gasteiger partial charge in [0, 0.05) is 35.1 Å². The van der Waals surface area contributed by atoms with Crippen molar-refractivity contribution in [1.82, 2.24) is 9.80 Å². The third-order valence-corrected chi connectivity index (χ3v) is 1.17. The standard InChI is InChI=1S/C4H9NO2.C4H9NO/c1-5(2)4(6)7-3;1-4(6)5(2)3/h1-3H3;1-3H3. The number of hydrogen-bond acceptors (Lipinski definition) is 3. The van der Waals surface area contributed by atoms with Crippen LogP contribution in [0.4, 0.5) is 4.79 Å². The molecule has 0 spiro atoms. The zero-order valence-corrected chi connectivity index (χ0v) is 9.12. The molecule has 0 aliphatic rings. The summed E-state index contributed by atoms with van der Waals surface area (Å²) in [5.74, 6) is 0.0926. The molecule has 0 N–H and O–H groups in total. The first kappa shape index (κ1) is 14.3. The van der Waals surface area contributed by atoms with Gasteiger partial charge in [-0.2, -0.15) is 0 Å². The predicted octanol–water partition coefficient (Wildman–Crippen LogP) is 0.409. The molecule has 13 heavy (non-hydrogen) atoms. The highest BCUT2D eigenvalue weighted by molar-refractivity contribution is 5.72. The summed E-state index contributed by atoms with van der Waals surface area (Å²) in [4.78, 5) is 23.2. The highest BCUT2D eigenvalue weighted by Gasteiger charge is 1.97. The van der Waals surface area contributed by atoms with E-state index < -0.39 is 0 Å². The summed E-state index contributed by atoms with van der Waals surface area (Å²) >= 11 is 0. The zero-order valence-electron chi connectivity index (χ0n) is 9.12. The van der Waals surface area contributed by atoms with Crippen LogP contribution in [0.3, 0.4) is 0 Å². The van der Waals surface area contributed by atoms with E-state index in [4.69, 9.17) is 0 Å². The second-order valence-corrected chi connectivity index (χ2v) is 2.78. The Morgan fingerprint density at radius 3 is 1.31 bits per heavy atom. The lowest BCUT2D eigenvalue weighted by Gasteiger charge is -2.05. The Morgan fingerprint density at radius 1 is 1.00 bits per heavy atom. The van der Waals surface area contributed by atoms with Gasteiger partial charge >= 0.3 is 6.09 Å². The molecule has 78 valence electrons. The number of methoxy groups -OCH3 is 1. The zero-order chi connectivity index (χ0) is 11.0. The second-order valence-electron chi connectivity index (χ2n) is 2.78. The summed E-state index contributed by atoms with van der Waals surface area (Å²) in [7, 11) is 8.06. The van der Waals surface area contributed by atoms with Crippen LogP contribution in [0.1, 0.15) is 6.92 Å². The average Bonchev–Trinajstić information content (AvgIpc) is 2.03. The van der Waals surface area contributed by atoms with E-state index in [1.165, 1.54) is 23.8 Å². The molecule has 0 rings (SSSR count). The molecule has 5 nitrogen and oxygen atoms in total. The number of amides is 2. The first-order valence-electron chi connectivity index (χ1n) is 3.76. The third kappa shape index (κ3) is 10.7. The van der Waals surface area contributed by atoms with Crippen molar-refractivity contribution >= 4 is 12.0 Å². The monoisotopic (exact) mass is 190 g/mol. The minimum atomic E-state index is -0.319. The first-order chi connectivity index (χ1) is 5.82. The summed E-state index contributed by atoms with van der Waals surface area (Å²) in [6, 6.07) is 0. The minimum absolute atomic E-state index is 0.0926. The maximum Gasteiger partial charge on any atom is 0.408 e. The van der Waals surface area contributed by atoms with Crippen LogP contribution in [0.2, 0.25) is 0 Å². The molecule has 0 aliphatic heterocycles. The molecule has 0 fully saturated rings. The number of carbonyl (C=O) groups excluding carboxylic acids is 2. The van der Waals surface area contributed by atoms with Crippen molar-refractivity contribution in [2.24, 2.45) is 0 Å². The van der Waals surface area contributed by atoms with Crippen molar-refractivity contribution in [3.63, 3.8) is 0 Å². The molecule has 2 amide bonds. The largest absolute Gasteiger partial charge is 0.453 e. The topological polar surface area (TPSA) is 49.9 Å². The number of carbonyl (C=O) groups is 2. The summed E-state index contributed by atoms with van der Waals surface area (Å²) < 4.78 is 4.30. The van der Waals surface area contributed by atoms with E-state index >= 15 is 0 Å². The molecule has 0 heterocycles. The van der Waals surface area contributed by atoms with Gasteiger partial charge in [-0.1, -0.05) is 0 Å².